The topological polar surface area (TPSA) is 55.6 Å². The van der Waals surface area contributed by atoms with Gasteiger partial charge in [0.1, 0.15) is 17.8 Å². The van der Waals surface area contributed by atoms with Crippen LogP contribution >= 0.6 is 11.6 Å². The van der Waals surface area contributed by atoms with Gasteiger partial charge in [-0.05, 0) is 37.5 Å². The minimum atomic E-state index is -0.436. The van der Waals surface area contributed by atoms with Gasteiger partial charge in [-0.25, -0.2) is 9.37 Å². The highest BCUT2D eigenvalue weighted by Gasteiger charge is 2.30. The maximum atomic E-state index is 13.0. The zero-order valence-electron chi connectivity index (χ0n) is 14.0. The van der Waals surface area contributed by atoms with Gasteiger partial charge in [0.15, 0.2) is 12.3 Å². The first-order valence-electron chi connectivity index (χ1n) is 8.41. The Morgan fingerprint density at radius 1 is 1.52 bits per heavy atom. The van der Waals surface area contributed by atoms with Crippen molar-refractivity contribution in [1.82, 2.24) is 9.88 Å². The number of carbonyl (C=O) groups excluding carboxylic acids is 1. The van der Waals surface area contributed by atoms with E-state index in [1.165, 1.54) is 24.5 Å². The van der Waals surface area contributed by atoms with Crippen LogP contribution in [0.5, 0.6) is 5.75 Å². The molecule has 1 aliphatic rings. The van der Waals surface area contributed by atoms with Gasteiger partial charge >= 0.3 is 0 Å². The van der Waals surface area contributed by atoms with Crippen LogP contribution in [-0.4, -0.2) is 28.4 Å². The number of ether oxygens (including phenoxy) is 1. The molecule has 0 unspecified atom stereocenters. The molecule has 0 saturated carbocycles. The van der Waals surface area contributed by atoms with Crippen LogP contribution in [0, 0.1) is 5.82 Å². The van der Waals surface area contributed by atoms with E-state index in [9.17, 15) is 9.18 Å². The van der Waals surface area contributed by atoms with Crippen LogP contribution in [0.1, 0.15) is 49.0 Å². The molecule has 7 heteroatoms. The third-order valence-corrected chi connectivity index (χ3v) is 4.57. The van der Waals surface area contributed by atoms with Crippen molar-refractivity contribution in [3.8, 4) is 5.75 Å². The van der Waals surface area contributed by atoms with Gasteiger partial charge < -0.3 is 14.1 Å². The van der Waals surface area contributed by atoms with Crippen molar-refractivity contribution in [3.63, 3.8) is 0 Å². The lowest BCUT2D eigenvalue weighted by Gasteiger charge is -2.23. The first-order chi connectivity index (χ1) is 12.1. The minimum Gasteiger partial charge on any atom is -0.482 e. The number of aromatic nitrogens is 1. The number of likely N-dealkylation sites (tertiary alicyclic amines) is 1. The Hall–Kier alpha value is -2.08. The van der Waals surface area contributed by atoms with Gasteiger partial charge in [-0.15, -0.1) is 0 Å². The van der Waals surface area contributed by atoms with E-state index in [1.54, 1.807) is 0 Å². The third-order valence-electron chi connectivity index (χ3n) is 4.28. The number of benzene rings is 1. The Morgan fingerprint density at radius 3 is 3.12 bits per heavy atom. The molecule has 134 valence electrons. The lowest BCUT2D eigenvalue weighted by molar-refractivity contribution is 0.0724. The highest BCUT2D eigenvalue weighted by molar-refractivity contribution is 6.32. The third kappa shape index (κ3) is 4.12. The van der Waals surface area contributed by atoms with Crippen molar-refractivity contribution < 1.29 is 18.3 Å². The fourth-order valence-electron chi connectivity index (χ4n) is 3.09. The average Bonchev–Trinajstić information content (AvgIpc) is 3.23. The van der Waals surface area contributed by atoms with Gasteiger partial charge in [-0.3, -0.25) is 4.79 Å². The Bertz CT molecular complexity index is 750. The number of nitrogens with zero attached hydrogens (tertiary/aromatic N) is 2. The lowest BCUT2D eigenvalue weighted by Crippen LogP contribution is -2.35. The maximum Gasteiger partial charge on any atom is 0.276 e. The summed E-state index contributed by atoms with van der Waals surface area (Å²) in [6.07, 6.45) is 5.46. The van der Waals surface area contributed by atoms with Crippen molar-refractivity contribution in [2.24, 2.45) is 0 Å². The summed E-state index contributed by atoms with van der Waals surface area (Å²) >= 11 is 5.91. The molecule has 25 heavy (non-hydrogen) atoms. The van der Waals surface area contributed by atoms with Crippen LogP contribution in [-0.2, 0) is 6.61 Å². The highest BCUT2D eigenvalue weighted by atomic mass is 35.5. The van der Waals surface area contributed by atoms with Gasteiger partial charge in [-0.1, -0.05) is 24.9 Å². The zero-order valence-corrected chi connectivity index (χ0v) is 14.8. The molecule has 1 amide bonds. The Kier molecular flexibility index (Phi) is 5.58. The van der Waals surface area contributed by atoms with Crippen molar-refractivity contribution in [1.29, 1.82) is 0 Å². The first-order valence-corrected chi connectivity index (χ1v) is 8.79. The van der Waals surface area contributed by atoms with Gasteiger partial charge in [0, 0.05) is 12.6 Å². The molecule has 1 saturated heterocycles. The molecular weight excluding hydrogens is 347 g/mol. The van der Waals surface area contributed by atoms with Gasteiger partial charge in [-0.2, -0.15) is 0 Å². The van der Waals surface area contributed by atoms with E-state index in [0.717, 1.165) is 32.2 Å². The van der Waals surface area contributed by atoms with E-state index in [1.807, 2.05) is 4.90 Å². The predicted molar refractivity (Wildman–Crippen MR) is 91.2 cm³/mol. The van der Waals surface area contributed by atoms with Gasteiger partial charge in [0.05, 0.1) is 5.02 Å². The number of oxazole rings is 1. The normalized spacial score (nSPS) is 17.1. The molecule has 1 aromatic heterocycles. The molecule has 1 aliphatic heterocycles. The highest BCUT2D eigenvalue weighted by Crippen LogP contribution is 2.26. The molecule has 0 spiro atoms. The lowest BCUT2D eigenvalue weighted by atomic mass is 10.1. The van der Waals surface area contributed by atoms with Crippen LogP contribution in [0.4, 0.5) is 4.39 Å². The molecule has 0 N–H and O–H groups in total. The zero-order chi connectivity index (χ0) is 17.8. The molecule has 1 fully saturated rings. The SMILES string of the molecule is CCC[C@@H]1CCCN1C(=O)c1coc(COc2ccc(F)cc2Cl)n1. The van der Waals surface area contributed by atoms with E-state index < -0.39 is 5.82 Å². The summed E-state index contributed by atoms with van der Waals surface area (Å²) in [6.45, 7) is 2.89. The van der Waals surface area contributed by atoms with Crippen molar-refractivity contribution in [2.75, 3.05) is 6.54 Å². The molecule has 5 nitrogen and oxygen atoms in total. The number of amides is 1. The summed E-state index contributed by atoms with van der Waals surface area (Å²) < 4.78 is 23.8. The molecule has 2 heterocycles. The minimum absolute atomic E-state index is 0.0109. The standard InChI is InChI=1S/C18H20ClFN2O3/c1-2-4-13-5-3-8-22(13)18(23)15-10-25-17(21-15)11-24-16-7-6-12(20)9-14(16)19/h6-7,9-10,13H,2-5,8,11H2,1H3/t13-/m1/s1. The summed E-state index contributed by atoms with van der Waals surface area (Å²) in [7, 11) is 0. The maximum absolute atomic E-state index is 13.0. The summed E-state index contributed by atoms with van der Waals surface area (Å²) in [6, 6.07) is 4.15. The van der Waals surface area contributed by atoms with Crippen LogP contribution in [0.15, 0.2) is 28.9 Å². The second-order valence-electron chi connectivity index (χ2n) is 6.07. The molecule has 2 aromatic rings. The second kappa shape index (κ2) is 7.87. The fourth-order valence-corrected chi connectivity index (χ4v) is 3.31. The molecule has 3 rings (SSSR count). The molecule has 0 bridgehead atoms. The van der Waals surface area contributed by atoms with E-state index in [2.05, 4.69) is 11.9 Å². The van der Waals surface area contributed by atoms with E-state index in [-0.39, 0.29) is 35.2 Å². The molecule has 1 aromatic carbocycles. The number of halogens is 2. The molecule has 1 atom stereocenters. The summed E-state index contributed by atoms with van der Waals surface area (Å²) in [5, 5.41) is 0.169. The van der Waals surface area contributed by atoms with E-state index in [0.29, 0.717) is 5.75 Å². The van der Waals surface area contributed by atoms with Crippen molar-refractivity contribution in [2.45, 2.75) is 45.3 Å². The van der Waals surface area contributed by atoms with Crippen LogP contribution in [0.2, 0.25) is 5.02 Å². The molecule has 0 aliphatic carbocycles. The average molecular weight is 367 g/mol. The number of hydrogen-bond donors (Lipinski definition) is 0. The van der Waals surface area contributed by atoms with Gasteiger partial charge in [0.25, 0.3) is 5.91 Å². The monoisotopic (exact) mass is 366 g/mol. The Balaban J connectivity index is 1.63. The number of hydrogen-bond acceptors (Lipinski definition) is 4. The largest absolute Gasteiger partial charge is 0.482 e. The van der Waals surface area contributed by atoms with Gasteiger partial charge in [0.2, 0.25) is 5.89 Å². The summed E-state index contributed by atoms with van der Waals surface area (Å²) in [5.74, 6) is 0.0612. The Morgan fingerprint density at radius 2 is 2.36 bits per heavy atom. The number of rotatable bonds is 6. The quantitative estimate of drug-likeness (QED) is 0.757. The Labute approximate surface area is 150 Å². The van der Waals surface area contributed by atoms with E-state index >= 15 is 0 Å². The fraction of sp³-hybridized carbons (Fsp3) is 0.444. The second-order valence-corrected chi connectivity index (χ2v) is 6.48. The van der Waals surface area contributed by atoms with Crippen LogP contribution in [0.3, 0.4) is 0 Å². The molecule has 0 radical (unpaired) electrons. The summed E-state index contributed by atoms with van der Waals surface area (Å²) in [5.41, 5.74) is 0.284. The smallest absolute Gasteiger partial charge is 0.276 e. The van der Waals surface area contributed by atoms with Crippen molar-refractivity contribution in [3.05, 3.63) is 46.9 Å². The van der Waals surface area contributed by atoms with Crippen LogP contribution < -0.4 is 4.74 Å². The predicted octanol–water partition coefficient (Wildman–Crippen LogP) is 4.45. The first kappa shape index (κ1) is 17.7. The molecular formula is C18H20ClFN2O3. The summed E-state index contributed by atoms with van der Waals surface area (Å²) in [4.78, 5) is 18.7. The van der Waals surface area contributed by atoms with E-state index in [4.69, 9.17) is 20.8 Å². The van der Waals surface area contributed by atoms with Crippen LogP contribution in [0.25, 0.3) is 0 Å². The van der Waals surface area contributed by atoms with Crippen molar-refractivity contribution >= 4 is 17.5 Å². The number of carbonyl (C=O) groups is 1.